The highest BCUT2D eigenvalue weighted by Gasteiger charge is 2.20. The van der Waals surface area contributed by atoms with Crippen LogP contribution in [0.15, 0.2) is 0 Å². The molecule has 2 N–H and O–H groups in total. The molecule has 0 bridgehead atoms. The van der Waals surface area contributed by atoms with Gasteiger partial charge in [-0.15, -0.1) is 0 Å². The molecule has 1 fully saturated rings. The van der Waals surface area contributed by atoms with Crippen LogP contribution >= 0.6 is 0 Å². The molecule has 9 heavy (non-hydrogen) atoms. The Kier molecular flexibility index (Phi) is 0.921. The summed E-state index contributed by atoms with van der Waals surface area (Å²) in [5.74, 6) is -1.45. The van der Waals surface area contributed by atoms with Gasteiger partial charge in [-0.2, -0.15) is 0 Å². The molecule has 0 atom stereocenters. The lowest BCUT2D eigenvalue weighted by Crippen LogP contribution is -2.49. The van der Waals surface area contributed by atoms with Gasteiger partial charge in [-0.05, 0) is 0 Å². The van der Waals surface area contributed by atoms with E-state index in [4.69, 9.17) is 1.41 Å². The molecule has 1 heterocycles. The van der Waals surface area contributed by atoms with Gasteiger partial charge in [0.25, 0.3) is 0 Å². The molecule has 1 rings (SSSR count). The van der Waals surface area contributed by atoms with Crippen molar-refractivity contribution >= 4 is 17.8 Å². The van der Waals surface area contributed by atoms with E-state index >= 15 is 0 Å². The summed E-state index contributed by atoms with van der Waals surface area (Å²) in [6, 6.07) is -0.985. The lowest BCUT2D eigenvalue weighted by Gasteiger charge is -2.09. The van der Waals surface area contributed by atoms with Crippen LogP contribution in [0.25, 0.3) is 0 Å². The summed E-state index contributed by atoms with van der Waals surface area (Å²) in [6.45, 7) is 0. The highest BCUT2D eigenvalue weighted by molar-refractivity contribution is 6.14. The van der Waals surface area contributed by atoms with Gasteiger partial charge in [-0.25, -0.2) is 4.79 Å². The number of hydrogen-bond donors (Lipinski definition) is 2. The van der Waals surface area contributed by atoms with Crippen molar-refractivity contribution in [2.75, 3.05) is 0 Å². The summed E-state index contributed by atoms with van der Waals surface area (Å²) < 4.78 is 6.69. The lowest BCUT2D eigenvalue weighted by atomic mass is 10.3. The maximum Gasteiger partial charge on any atom is 0.328 e. The Balaban J connectivity index is 2.76. The van der Waals surface area contributed by atoms with Crippen LogP contribution in [0.4, 0.5) is 4.79 Å². The number of urea groups is 1. The number of barbiturate groups is 1. The SMILES string of the molecule is [3H]N1C(=O)CC(=O)NC1=O. The second kappa shape index (κ2) is 1.85. The van der Waals surface area contributed by atoms with Crippen LogP contribution < -0.4 is 10.6 Å². The third kappa shape index (κ3) is 1.25. The molecule has 0 aromatic rings. The number of imide groups is 2. The fourth-order valence-corrected chi connectivity index (χ4v) is 0.482. The zero-order valence-electron chi connectivity index (χ0n) is 5.38. The normalized spacial score (nSPS) is 21.6. The van der Waals surface area contributed by atoms with Crippen LogP contribution in [-0.2, 0) is 9.59 Å². The van der Waals surface area contributed by atoms with Crippen molar-refractivity contribution in [1.29, 1.82) is 0 Å². The quantitative estimate of drug-likeness (QED) is 0.402. The lowest BCUT2D eigenvalue weighted by molar-refractivity contribution is -0.129. The molecule has 5 heteroatoms. The number of carbonyl (C=O) groups is 3. The fraction of sp³-hybridized carbons (Fsp3) is 0.250. The van der Waals surface area contributed by atoms with Gasteiger partial charge < -0.3 is 0 Å². The first-order valence-corrected chi connectivity index (χ1v) is 2.27. The molecule has 5 nitrogen and oxygen atoms in total. The van der Waals surface area contributed by atoms with Gasteiger partial charge in [0.05, 0.1) is 0 Å². The van der Waals surface area contributed by atoms with Crippen LogP contribution in [0, 0.1) is 0 Å². The van der Waals surface area contributed by atoms with Gasteiger partial charge in [-0.1, -0.05) is 0 Å². The van der Waals surface area contributed by atoms with Crippen LogP contribution in [0.1, 0.15) is 6.42 Å². The van der Waals surface area contributed by atoms with E-state index < -0.39 is 24.3 Å². The third-order valence-electron chi connectivity index (χ3n) is 0.784. The van der Waals surface area contributed by atoms with Crippen LogP contribution in [0.2, 0.25) is 1.41 Å². The topological polar surface area (TPSA) is 75.3 Å². The Labute approximate surface area is 51.9 Å². The average Bonchev–Trinajstić information content (AvgIpc) is 1.82. The minimum absolute atomic E-state index is 0.126. The van der Waals surface area contributed by atoms with Gasteiger partial charge in [0.2, 0.25) is 11.8 Å². The Morgan fingerprint density at radius 1 is 1.33 bits per heavy atom. The summed E-state index contributed by atoms with van der Waals surface area (Å²) in [6.07, 6.45) is -0.421. The number of amides is 4. The molecular formula is C4H4N2O3. The summed E-state index contributed by atoms with van der Waals surface area (Å²) in [7, 11) is 0. The second-order valence-corrected chi connectivity index (χ2v) is 1.54. The summed E-state index contributed by atoms with van der Waals surface area (Å²) in [5.41, 5.74) is 0. The Bertz CT molecular complexity index is 195. The number of nitrogens with one attached hydrogen (secondary N) is 2. The van der Waals surface area contributed by atoms with E-state index in [0.29, 0.717) is 0 Å². The minimum Gasteiger partial charge on any atom is -0.277 e. The maximum atomic E-state index is 10.5. The number of rotatable bonds is 0. The molecule has 4 amide bonds. The molecule has 0 saturated carbocycles. The molecule has 1 saturated heterocycles. The minimum atomic E-state index is -0.985. The molecule has 0 radical (unpaired) electrons. The smallest absolute Gasteiger partial charge is 0.277 e. The Hall–Kier alpha value is -1.39. The van der Waals surface area contributed by atoms with Crippen LogP contribution in [-0.4, -0.2) is 17.8 Å². The molecule has 0 aromatic carbocycles. The fourth-order valence-electron chi connectivity index (χ4n) is 0.482. The molecule has 0 unspecified atom stereocenters. The van der Waals surface area contributed by atoms with E-state index in [1.807, 2.05) is 0 Å². The zero-order chi connectivity index (χ0) is 7.72. The molecule has 0 spiro atoms. The molecule has 1 aliphatic heterocycles. The van der Waals surface area contributed by atoms with Gasteiger partial charge >= 0.3 is 6.03 Å². The highest BCUT2D eigenvalue weighted by Crippen LogP contribution is 1.85. The molecule has 1 aliphatic rings. The van der Waals surface area contributed by atoms with Crippen LogP contribution in [0.5, 0.6) is 0 Å². The van der Waals surface area contributed by atoms with Crippen molar-refractivity contribution in [2.24, 2.45) is 0 Å². The highest BCUT2D eigenvalue weighted by atomic mass is 16.2. The van der Waals surface area contributed by atoms with Gasteiger partial charge in [-0.3, -0.25) is 20.2 Å². The summed E-state index contributed by atoms with van der Waals surface area (Å²) in [5, 5.41) is 1.93. The predicted octanol–water partition coefficient (Wildman–Crippen LogP) is -1.26. The van der Waals surface area contributed by atoms with Crippen molar-refractivity contribution in [1.82, 2.24) is 10.6 Å². The van der Waals surface area contributed by atoms with Gasteiger partial charge in [0, 0.05) is 0 Å². The number of hydrogen-bond acceptors (Lipinski definition) is 3. The monoisotopic (exact) mass is 130 g/mol. The van der Waals surface area contributed by atoms with Gasteiger partial charge in [0.15, 0.2) is 1.41 Å². The first-order valence-electron chi connectivity index (χ1n) is 2.71. The standard InChI is InChI=1S/C4H4N2O3/c7-2-1-3(8)6-4(9)5-2/h1H2,(H2,5,6,7,8,9)/i/hT. The van der Waals surface area contributed by atoms with E-state index in [9.17, 15) is 14.4 Å². The van der Waals surface area contributed by atoms with Crippen molar-refractivity contribution < 1.29 is 15.8 Å². The largest absolute Gasteiger partial charge is 0.328 e. The van der Waals surface area contributed by atoms with E-state index in [1.165, 1.54) is 0 Å². The van der Waals surface area contributed by atoms with E-state index in [-0.39, 0.29) is 5.31 Å². The van der Waals surface area contributed by atoms with E-state index in [2.05, 4.69) is 0 Å². The van der Waals surface area contributed by atoms with E-state index in [1.54, 1.807) is 5.32 Å². The van der Waals surface area contributed by atoms with Crippen molar-refractivity contribution in [3.63, 3.8) is 0 Å². The first-order chi connectivity index (χ1) is 4.61. The van der Waals surface area contributed by atoms with Crippen molar-refractivity contribution in [3.8, 4) is 0 Å². The van der Waals surface area contributed by atoms with Gasteiger partial charge in [0.1, 0.15) is 6.42 Å². The predicted molar refractivity (Wildman–Crippen MR) is 26.3 cm³/mol. The second-order valence-electron chi connectivity index (χ2n) is 1.54. The van der Waals surface area contributed by atoms with E-state index in [0.717, 1.165) is 0 Å². The third-order valence-corrected chi connectivity index (χ3v) is 0.784. The Morgan fingerprint density at radius 2 is 2.00 bits per heavy atom. The summed E-state index contributed by atoms with van der Waals surface area (Å²) >= 11 is 0. The molecular weight excluding hydrogens is 124 g/mol. The van der Waals surface area contributed by atoms with Crippen LogP contribution in [0.3, 0.4) is 0 Å². The van der Waals surface area contributed by atoms with Crippen molar-refractivity contribution in [3.05, 3.63) is 0 Å². The Morgan fingerprint density at radius 3 is 2.56 bits per heavy atom. The maximum absolute atomic E-state index is 10.5. The first kappa shape index (κ1) is 4.49. The zero-order valence-corrected chi connectivity index (χ0v) is 4.38. The number of carbonyl (C=O) groups excluding carboxylic acids is 3. The molecule has 0 aromatic heterocycles. The molecule has 48 valence electrons. The average molecular weight is 130 g/mol. The van der Waals surface area contributed by atoms with Crippen molar-refractivity contribution in [2.45, 2.75) is 6.42 Å². The summed E-state index contributed by atoms with van der Waals surface area (Å²) in [4.78, 5) is 31.2. The molecule has 0 aliphatic carbocycles.